The fraction of sp³-hybridized carbons (Fsp3) is 0.529. The van der Waals surface area contributed by atoms with E-state index in [2.05, 4.69) is 46.8 Å². The van der Waals surface area contributed by atoms with E-state index in [0.29, 0.717) is 0 Å². The molecule has 0 radical (unpaired) electrons. The number of thiophene rings is 1. The monoisotopic (exact) mass is 288 g/mol. The van der Waals surface area contributed by atoms with E-state index in [9.17, 15) is 0 Å². The lowest BCUT2D eigenvalue weighted by Crippen LogP contribution is -2.43. The number of hydrogen-bond donors (Lipinski definition) is 1. The topological polar surface area (TPSA) is 15.3 Å². The van der Waals surface area contributed by atoms with Gasteiger partial charge in [-0.05, 0) is 61.3 Å². The summed E-state index contributed by atoms with van der Waals surface area (Å²) in [6.45, 7) is 6.97. The van der Waals surface area contributed by atoms with Gasteiger partial charge in [-0.3, -0.25) is 4.90 Å². The third-order valence-electron chi connectivity index (χ3n) is 4.27. The van der Waals surface area contributed by atoms with Crippen LogP contribution in [0.2, 0.25) is 0 Å². The van der Waals surface area contributed by atoms with Crippen LogP contribution in [0.1, 0.15) is 31.7 Å². The number of piperidine rings is 1. The Kier molecular flexibility index (Phi) is 4.71. The van der Waals surface area contributed by atoms with Crippen LogP contribution in [-0.2, 0) is 6.54 Å². The van der Waals surface area contributed by atoms with Crippen molar-refractivity contribution < 1.29 is 0 Å². The highest BCUT2D eigenvalue weighted by atomic mass is 32.1. The summed E-state index contributed by atoms with van der Waals surface area (Å²) in [6.07, 6.45) is 3.83. The maximum absolute atomic E-state index is 3.48. The summed E-state index contributed by atoms with van der Waals surface area (Å²) in [6, 6.07) is 9.56. The van der Waals surface area contributed by atoms with Gasteiger partial charge in [0.15, 0.2) is 0 Å². The summed E-state index contributed by atoms with van der Waals surface area (Å²) in [4.78, 5) is 2.70. The molecule has 0 atom stereocenters. The number of fused-ring (bicyclic) bond motifs is 1. The van der Waals surface area contributed by atoms with Gasteiger partial charge in [-0.2, -0.15) is 0 Å². The maximum Gasteiger partial charge on any atom is 0.0346 e. The summed E-state index contributed by atoms with van der Waals surface area (Å²) >= 11 is 1.88. The molecule has 1 fully saturated rings. The Morgan fingerprint density at radius 3 is 2.85 bits per heavy atom. The first-order valence-electron chi connectivity index (χ1n) is 7.78. The minimum Gasteiger partial charge on any atom is -0.317 e. The average Bonchev–Trinajstić information content (AvgIpc) is 2.91. The number of nitrogens with zero attached hydrogens (tertiary/aromatic N) is 1. The number of benzene rings is 1. The molecule has 0 amide bonds. The van der Waals surface area contributed by atoms with Gasteiger partial charge >= 0.3 is 0 Å². The van der Waals surface area contributed by atoms with Crippen molar-refractivity contribution in [3.05, 3.63) is 35.2 Å². The fourth-order valence-electron chi connectivity index (χ4n) is 3.22. The summed E-state index contributed by atoms with van der Waals surface area (Å²) < 4.78 is 1.42. The van der Waals surface area contributed by atoms with Gasteiger partial charge in [0.1, 0.15) is 0 Å². The van der Waals surface area contributed by atoms with Crippen molar-refractivity contribution in [2.24, 2.45) is 0 Å². The molecule has 0 unspecified atom stereocenters. The molecule has 1 saturated heterocycles. The number of hydrogen-bond acceptors (Lipinski definition) is 3. The Balaban J connectivity index is 1.78. The highest BCUT2D eigenvalue weighted by Crippen LogP contribution is 2.28. The van der Waals surface area contributed by atoms with Gasteiger partial charge in [-0.25, -0.2) is 0 Å². The largest absolute Gasteiger partial charge is 0.317 e. The second-order valence-electron chi connectivity index (χ2n) is 5.71. The normalized spacial score (nSPS) is 17.1. The van der Waals surface area contributed by atoms with Crippen molar-refractivity contribution in [1.29, 1.82) is 0 Å². The van der Waals surface area contributed by atoms with Crippen LogP contribution in [0.3, 0.4) is 0 Å². The molecule has 0 spiro atoms. The molecule has 1 aromatic heterocycles. The molecule has 20 heavy (non-hydrogen) atoms. The second kappa shape index (κ2) is 6.70. The summed E-state index contributed by atoms with van der Waals surface area (Å²) in [5, 5.41) is 7.28. The van der Waals surface area contributed by atoms with Crippen LogP contribution in [0.15, 0.2) is 29.6 Å². The quantitative estimate of drug-likeness (QED) is 0.898. The average molecular weight is 288 g/mol. The van der Waals surface area contributed by atoms with Crippen molar-refractivity contribution >= 4 is 21.4 Å². The van der Waals surface area contributed by atoms with Gasteiger partial charge in [0.25, 0.3) is 0 Å². The molecule has 0 aliphatic carbocycles. The fourth-order valence-corrected chi connectivity index (χ4v) is 4.18. The molecule has 1 aliphatic heterocycles. The third kappa shape index (κ3) is 3.05. The van der Waals surface area contributed by atoms with Crippen molar-refractivity contribution in [3.8, 4) is 0 Å². The molecule has 1 N–H and O–H groups in total. The van der Waals surface area contributed by atoms with Gasteiger partial charge in [0.05, 0.1) is 0 Å². The van der Waals surface area contributed by atoms with Crippen LogP contribution in [-0.4, -0.2) is 30.6 Å². The summed E-state index contributed by atoms with van der Waals surface area (Å²) in [7, 11) is 0. The van der Waals surface area contributed by atoms with Crippen LogP contribution >= 0.6 is 11.3 Å². The van der Waals surface area contributed by atoms with E-state index in [0.717, 1.165) is 12.6 Å². The zero-order valence-corrected chi connectivity index (χ0v) is 13.1. The molecule has 2 nitrogen and oxygen atoms in total. The third-order valence-corrected chi connectivity index (χ3v) is 5.28. The van der Waals surface area contributed by atoms with Crippen LogP contribution in [0.25, 0.3) is 10.1 Å². The maximum atomic E-state index is 3.48. The lowest BCUT2D eigenvalue weighted by atomic mass is 10.0. The van der Waals surface area contributed by atoms with E-state index in [1.165, 1.54) is 54.5 Å². The predicted octanol–water partition coefficient (Wildman–Crippen LogP) is 3.87. The Labute approximate surface area is 125 Å². The first kappa shape index (κ1) is 14.1. The molecule has 3 heteroatoms. The number of rotatable bonds is 5. The van der Waals surface area contributed by atoms with E-state index in [1.807, 2.05) is 11.3 Å². The lowest BCUT2D eigenvalue weighted by Gasteiger charge is -2.34. The van der Waals surface area contributed by atoms with Crippen LogP contribution in [0.4, 0.5) is 0 Å². The SMILES string of the molecule is CCCN(Cc1csc2ccccc12)C1CCNCC1. The van der Waals surface area contributed by atoms with Crippen molar-refractivity contribution in [2.45, 2.75) is 38.8 Å². The van der Waals surface area contributed by atoms with Crippen LogP contribution < -0.4 is 5.32 Å². The van der Waals surface area contributed by atoms with E-state index < -0.39 is 0 Å². The molecule has 108 valence electrons. The minimum absolute atomic E-state index is 0.759. The zero-order chi connectivity index (χ0) is 13.8. The molecule has 3 rings (SSSR count). The first-order chi connectivity index (χ1) is 9.88. The molecule has 0 bridgehead atoms. The smallest absolute Gasteiger partial charge is 0.0346 e. The molecular formula is C17H24N2S. The molecular weight excluding hydrogens is 264 g/mol. The Bertz CT molecular complexity index is 543. The summed E-state index contributed by atoms with van der Waals surface area (Å²) in [5.41, 5.74) is 1.51. The van der Waals surface area contributed by atoms with E-state index in [1.54, 1.807) is 0 Å². The highest BCUT2D eigenvalue weighted by molar-refractivity contribution is 7.17. The van der Waals surface area contributed by atoms with E-state index in [4.69, 9.17) is 0 Å². The van der Waals surface area contributed by atoms with E-state index in [-0.39, 0.29) is 0 Å². The van der Waals surface area contributed by atoms with Gasteiger partial charge < -0.3 is 5.32 Å². The zero-order valence-electron chi connectivity index (χ0n) is 12.3. The van der Waals surface area contributed by atoms with Crippen molar-refractivity contribution in [1.82, 2.24) is 10.2 Å². The first-order valence-corrected chi connectivity index (χ1v) is 8.66. The van der Waals surface area contributed by atoms with E-state index >= 15 is 0 Å². The van der Waals surface area contributed by atoms with Crippen molar-refractivity contribution in [3.63, 3.8) is 0 Å². The van der Waals surface area contributed by atoms with Gasteiger partial charge in [0, 0.05) is 17.3 Å². The number of nitrogens with one attached hydrogen (secondary N) is 1. The molecule has 2 heterocycles. The molecule has 0 saturated carbocycles. The Morgan fingerprint density at radius 2 is 2.05 bits per heavy atom. The summed E-state index contributed by atoms with van der Waals surface area (Å²) in [5.74, 6) is 0. The predicted molar refractivity (Wildman–Crippen MR) is 88.4 cm³/mol. The second-order valence-corrected chi connectivity index (χ2v) is 6.62. The van der Waals surface area contributed by atoms with Gasteiger partial charge in [0.2, 0.25) is 0 Å². The highest BCUT2D eigenvalue weighted by Gasteiger charge is 2.21. The standard InChI is InChI=1S/C17H24N2S/c1-2-11-19(15-7-9-18-10-8-15)12-14-13-20-17-6-4-3-5-16(14)17/h3-6,13,15,18H,2,7-12H2,1H3. The Hall–Kier alpha value is -0.900. The van der Waals surface area contributed by atoms with Crippen LogP contribution in [0.5, 0.6) is 0 Å². The molecule has 1 aliphatic rings. The van der Waals surface area contributed by atoms with Gasteiger partial charge in [-0.1, -0.05) is 25.1 Å². The molecule has 1 aromatic carbocycles. The van der Waals surface area contributed by atoms with Gasteiger partial charge in [-0.15, -0.1) is 11.3 Å². The lowest BCUT2D eigenvalue weighted by molar-refractivity contribution is 0.155. The minimum atomic E-state index is 0.759. The van der Waals surface area contributed by atoms with Crippen LogP contribution in [0, 0.1) is 0 Å². The Morgan fingerprint density at radius 1 is 1.25 bits per heavy atom. The van der Waals surface area contributed by atoms with Crippen molar-refractivity contribution in [2.75, 3.05) is 19.6 Å². The molecule has 2 aromatic rings.